The highest BCUT2D eigenvalue weighted by Gasteiger charge is 2.21. The van der Waals surface area contributed by atoms with Gasteiger partial charge in [0.2, 0.25) is 5.95 Å². The number of hydrogen-bond donors (Lipinski definition) is 3. The van der Waals surface area contributed by atoms with Gasteiger partial charge in [-0.05, 0) is 73.4 Å². The largest absolute Gasteiger partial charge is 0.351 e. The SMILES string of the molecule is O=C1NC/C(=C/c2ccnc(N[C@H]3CC[C@H](NCc4cccc(-c5ccccn5)c4)CC3)n2)S1. The molecule has 5 rings (SSSR count). The zero-order valence-electron chi connectivity index (χ0n) is 18.9. The van der Waals surface area contributed by atoms with Crippen LogP contribution in [0.1, 0.15) is 36.9 Å². The van der Waals surface area contributed by atoms with Crippen LogP contribution in [0.4, 0.5) is 10.7 Å². The quantitative estimate of drug-likeness (QED) is 0.453. The fourth-order valence-electron chi connectivity index (χ4n) is 4.38. The number of hydrogen-bond acceptors (Lipinski definition) is 7. The molecule has 1 saturated carbocycles. The third kappa shape index (κ3) is 6.01. The zero-order valence-corrected chi connectivity index (χ0v) is 19.7. The van der Waals surface area contributed by atoms with Crippen LogP contribution in [-0.4, -0.2) is 38.8 Å². The lowest BCUT2D eigenvalue weighted by Crippen LogP contribution is -2.36. The summed E-state index contributed by atoms with van der Waals surface area (Å²) in [6.45, 7) is 1.43. The predicted molar refractivity (Wildman–Crippen MR) is 137 cm³/mol. The van der Waals surface area contributed by atoms with Crippen LogP contribution in [0.5, 0.6) is 0 Å². The Morgan fingerprint density at radius 1 is 1.00 bits per heavy atom. The molecule has 0 atom stereocenters. The van der Waals surface area contributed by atoms with Crippen LogP contribution in [0.15, 0.2) is 65.8 Å². The minimum Gasteiger partial charge on any atom is -0.351 e. The van der Waals surface area contributed by atoms with Crippen molar-refractivity contribution in [1.82, 2.24) is 25.6 Å². The third-order valence-corrected chi connectivity index (χ3v) is 7.01. The number of rotatable bonds is 7. The molecular weight excluding hydrogens is 444 g/mol. The van der Waals surface area contributed by atoms with Gasteiger partial charge in [-0.25, -0.2) is 9.97 Å². The molecule has 0 radical (unpaired) electrons. The molecule has 174 valence electrons. The Bertz CT molecular complexity index is 1160. The van der Waals surface area contributed by atoms with Gasteiger partial charge in [-0.1, -0.05) is 24.3 Å². The van der Waals surface area contributed by atoms with Gasteiger partial charge in [0.15, 0.2) is 0 Å². The van der Waals surface area contributed by atoms with Gasteiger partial charge in [0, 0.05) is 41.5 Å². The zero-order chi connectivity index (χ0) is 23.2. The summed E-state index contributed by atoms with van der Waals surface area (Å²) in [5.74, 6) is 0.652. The van der Waals surface area contributed by atoms with Gasteiger partial charge in [0.1, 0.15) is 0 Å². The normalized spacial score (nSPS) is 21.4. The summed E-state index contributed by atoms with van der Waals surface area (Å²) in [4.78, 5) is 25.8. The van der Waals surface area contributed by atoms with E-state index < -0.39 is 0 Å². The van der Waals surface area contributed by atoms with E-state index in [1.54, 1.807) is 6.20 Å². The van der Waals surface area contributed by atoms with Crippen molar-refractivity contribution in [2.45, 2.75) is 44.3 Å². The van der Waals surface area contributed by atoms with Gasteiger partial charge in [-0.15, -0.1) is 0 Å². The Kier molecular flexibility index (Phi) is 7.16. The second kappa shape index (κ2) is 10.8. The molecule has 0 unspecified atom stereocenters. The smallest absolute Gasteiger partial charge is 0.283 e. The highest BCUT2D eigenvalue weighted by molar-refractivity contribution is 8.17. The van der Waals surface area contributed by atoms with E-state index >= 15 is 0 Å². The number of benzene rings is 1. The summed E-state index contributed by atoms with van der Waals surface area (Å²) < 4.78 is 0. The van der Waals surface area contributed by atoms with E-state index in [2.05, 4.69) is 55.2 Å². The summed E-state index contributed by atoms with van der Waals surface area (Å²) in [6.07, 6.45) is 9.93. The molecule has 1 aliphatic heterocycles. The second-order valence-electron chi connectivity index (χ2n) is 8.65. The Morgan fingerprint density at radius 3 is 2.68 bits per heavy atom. The maximum absolute atomic E-state index is 11.4. The summed E-state index contributed by atoms with van der Waals surface area (Å²) in [6, 6.07) is 17.4. The Morgan fingerprint density at radius 2 is 1.88 bits per heavy atom. The maximum atomic E-state index is 11.4. The Balaban J connectivity index is 1.10. The molecule has 3 aromatic rings. The number of pyridine rings is 1. The van der Waals surface area contributed by atoms with Crippen LogP contribution in [-0.2, 0) is 6.54 Å². The first-order valence-electron chi connectivity index (χ1n) is 11.7. The Hall–Kier alpha value is -3.23. The van der Waals surface area contributed by atoms with Crippen LogP contribution in [0.2, 0.25) is 0 Å². The topological polar surface area (TPSA) is 91.8 Å². The first-order chi connectivity index (χ1) is 16.7. The molecule has 1 amide bonds. The number of nitrogens with one attached hydrogen (secondary N) is 3. The van der Waals surface area contributed by atoms with Crippen LogP contribution in [0.3, 0.4) is 0 Å². The number of carbonyl (C=O) groups excluding carboxylic acids is 1. The maximum Gasteiger partial charge on any atom is 0.283 e. The molecule has 0 bridgehead atoms. The number of nitrogens with zero attached hydrogens (tertiary/aromatic N) is 3. The van der Waals surface area contributed by atoms with Gasteiger partial charge in [-0.2, -0.15) is 0 Å². The van der Waals surface area contributed by atoms with Crippen molar-refractivity contribution in [2.24, 2.45) is 0 Å². The van der Waals surface area contributed by atoms with Gasteiger partial charge in [0.05, 0.1) is 17.9 Å². The molecule has 2 fully saturated rings. The first-order valence-corrected chi connectivity index (χ1v) is 12.5. The lowest BCUT2D eigenvalue weighted by atomic mass is 9.91. The molecule has 0 spiro atoms. The number of anilines is 1. The minimum absolute atomic E-state index is 0.00932. The molecule has 34 heavy (non-hydrogen) atoms. The average molecular weight is 473 g/mol. The first kappa shape index (κ1) is 22.6. The molecule has 1 aliphatic carbocycles. The number of thioether (sulfide) groups is 1. The molecule has 3 heterocycles. The van der Waals surface area contributed by atoms with E-state index in [0.29, 0.717) is 24.6 Å². The van der Waals surface area contributed by atoms with E-state index in [0.717, 1.165) is 54.1 Å². The van der Waals surface area contributed by atoms with Crippen LogP contribution < -0.4 is 16.0 Å². The van der Waals surface area contributed by atoms with E-state index in [-0.39, 0.29) is 5.24 Å². The number of amides is 1. The average Bonchev–Trinajstić information content (AvgIpc) is 3.29. The van der Waals surface area contributed by atoms with Crippen molar-refractivity contribution in [3.05, 3.63) is 77.1 Å². The fourth-order valence-corrected chi connectivity index (χ4v) is 5.09. The summed E-state index contributed by atoms with van der Waals surface area (Å²) in [5.41, 5.74) is 4.26. The van der Waals surface area contributed by atoms with Gasteiger partial charge < -0.3 is 16.0 Å². The molecule has 3 N–H and O–H groups in total. The van der Waals surface area contributed by atoms with Crippen molar-refractivity contribution in [3.8, 4) is 11.3 Å². The molecule has 7 nitrogen and oxygen atoms in total. The monoisotopic (exact) mass is 472 g/mol. The Labute approximate surface area is 203 Å². The number of aromatic nitrogens is 3. The highest BCUT2D eigenvalue weighted by Crippen LogP contribution is 2.25. The molecule has 8 heteroatoms. The minimum atomic E-state index is -0.00932. The van der Waals surface area contributed by atoms with Crippen molar-refractivity contribution >= 4 is 29.0 Å². The molecular formula is C26H28N6OS. The standard InChI is InChI=1S/C26H28N6OS/c33-26-30-17-23(34-26)15-22-11-13-28-25(32-22)31-21-9-7-20(8-10-21)29-16-18-4-3-5-19(14-18)24-6-1-2-12-27-24/h1-6,11-15,20-21,29H,7-10,16-17H2,(H,30,33)(H,28,31,32)/b23-15-/t20-,21-. The predicted octanol–water partition coefficient (Wildman–Crippen LogP) is 4.85. The number of carbonyl (C=O) groups is 1. The summed E-state index contributed by atoms with van der Waals surface area (Å²) in [7, 11) is 0. The molecule has 1 aromatic carbocycles. The van der Waals surface area contributed by atoms with Crippen LogP contribution in [0, 0.1) is 0 Å². The van der Waals surface area contributed by atoms with E-state index in [9.17, 15) is 4.79 Å². The van der Waals surface area contributed by atoms with Gasteiger partial charge >= 0.3 is 0 Å². The lowest BCUT2D eigenvalue weighted by Gasteiger charge is -2.30. The van der Waals surface area contributed by atoms with E-state index in [1.165, 1.54) is 17.3 Å². The van der Waals surface area contributed by atoms with E-state index in [4.69, 9.17) is 0 Å². The van der Waals surface area contributed by atoms with Crippen molar-refractivity contribution in [2.75, 3.05) is 11.9 Å². The highest BCUT2D eigenvalue weighted by atomic mass is 32.2. The van der Waals surface area contributed by atoms with E-state index in [1.807, 2.05) is 36.5 Å². The fraction of sp³-hybridized carbons (Fsp3) is 0.308. The van der Waals surface area contributed by atoms with Crippen molar-refractivity contribution in [3.63, 3.8) is 0 Å². The molecule has 2 aliphatic rings. The van der Waals surface area contributed by atoms with Crippen LogP contribution >= 0.6 is 11.8 Å². The molecule has 1 saturated heterocycles. The van der Waals surface area contributed by atoms with Crippen molar-refractivity contribution < 1.29 is 4.79 Å². The third-order valence-electron chi connectivity index (χ3n) is 6.16. The van der Waals surface area contributed by atoms with Gasteiger partial charge in [-0.3, -0.25) is 9.78 Å². The lowest BCUT2D eigenvalue weighted by molar-refractivity contribution is 0.262. The van der Waals surface area contributed by atoms with Crippen LogP contribution in [0.25, 0.3) is 17.3 Å². The van der Waals surface area contributed by atoms with Crippen molar-refractivity contribution in [1.29, 1.82) is 0 Å². The summed E-state index contributed by atoms with van der Waals surface area (Å²) >= 11 is 1.22. The molecule has 2 aromatic heterocycles. The summed E-state index contributed by atoms with van der Waals surface area (Å²) in [5, 5.41) is 10.0. The second-order valence-corrected chi connectivity index (χ2v) is 9.75. The van der Waals surface area contributed by atoms with Gasteiger partial charge in [0.25, 0.3) is 5.24 Å².